The molecule has 0 aliphatic carbocycles. The van der Waals surface area contributed by atoms with Crippen LogP contribution in [-0.2, 0) is 16.1 Å². The molecule has 142 valence electrons. The van der Waals surface area contributed by atoms with Gasteiger partial charge in [0.25, 0.3) is 5.91 Å². The van der Waals surface area contributed by atoms with E-state index in [1.807, 2.05) is 43.3 Å². The summed E-state index contributed by atoms with van der Waals surface area (Å²) in [4.78, 5) is 26.0. The third-order valence-electron chi connectivity index (χ3n) is 3.94. The third kappa shape index (κ3) is 4.62. The van der Waals surface area contributed by atoms with Gasteiger partial charge in [0.15, 0.2) is 18.1 Å². The molecular formula is C19H19ClN2O5. The zero-order valence-electron chi connectivity index (χ0n) is 15.0. The van der Waals surface area contributed by atoms with E-state index >= 15 is 0 Å². The number of hydrogen-bond acceptors (Lipinski definition) is 6. The summed E-state index contributed by atoms with van der Waals surface area (Å²) in [5.41, 5.74) is 2.21. The molecular weight excluding hydrogens is 372 g/mol. The Morgan fingerprint density at radius 3 is 2.63 bits per heavy atom. The average Bonchev–Trinajstić information content (AvgIpc) is 3.14. The van der Waals surface area contributed by atoms with Crippen molar-refractivity contribution in [3.63, 3.8) is 0 Å². The fourth-order valence-corrected chi connectivity index (χ4v) is 2.73. The molecule has 0 unspecified atom stereocenters. The number of esters is 1. The maximum absolute atomic E-state index is 12.1. The molecule has 0 fully saturated rings. The van der Waals surface area contributed by atoms with Crippen molar-refractivity contribution in [2.24, 2.45) is 0 Å². The first-order valence-corrected chi connectivity index (χ1v) is 8.61. The highest BCUT2D eigenvalue weighted by Gasteiger charge is 2.21. The van der Waals surface area contributed by atoms with Crippen LogP contribution >= 0.6 is 11.6 Å². The Morgan fingerprint density at radius 2 is 1.93 bits per heavy atom. The molecule has 0 saturated heterocycles. The SMILES string of the molecule is CN(C)c1ccc(CNC(=O)COC(=O)c2cc(Cl)c3c(c2)OCO3)cc1. The maximum Gasteiger partial charge on any atom is 0.338 e. The van der Waals surface area contributed by atoms with Crippen LogP contribution in [0.25, 0.3) is 0 Å². The highest BCUT2D eigenvalue weighted by Crippen LogP contribution is 2.39. The van der Waals surface area contributed by atoms with E-state index in [1.165, 1.54) is 12.1 Å². The van der Waals surface area contributed by atoms with Gasteiger partial charge in [-0.15, -0.1) is 0 Å². The Balaban J connectivity index is 1.49. The molecule has 3 rings (SSSR count). The molecule has 0 spiro atoms. The number of rotatable bonds is 6. The van der Waals surface area contributed by atoms with Gasteiger partial charge in [-0.1, -0.05) is 23.7 Å². The van der Waals surface area contributed by atoms with Gasteiger partial charge in [0.05, 0.1) is 10.6 Å². The standard InChI is InChI=1S/C19H19ClN2O5/c1-22(2)14-5-3-12(4-6-14)9-21-17(23)10-25-19(24)13-7-15(20)18-16(8-13)26-11-27-18/h3-8H,9-11H2,1-2H3,(H,21,23). The Hall–Kier alpha value is -2.93. The molecule has 0 atom stereocenters. The molecule has 0 aromatic heterocycles. The van der Waals surface area contributed by atoms with Gasteiger partial charge < -0.3 is 24.4 Å². The summed E-state index contributed by atoms with van der Waals surface area (Å²) in [6.07, 6.45) is 0. The van der Waals surface area contributed by atoms with Crippen molar-refractivity contribution in [2.45, 2.75) is 6.54 Å². The molecule has 1 amide bonds. The van der Waals surface area contributed by atoms with E-state index in [4.69, 9.17) is 25.8 Å². The number of amides is 1. The van der Waals surface area contributed by atoms with Crippen LogP contribution in [0.4, 0.5) is 5.69 Å². The van der Waals surface area contributed by atoms with Crippen molar-refractivity contribution >= 4 is 29.2 Å². The minimum absolute atomic E-state index is 0.0471. The van der Waals surface area contributed by atoms with Crippen molar-refractivity contribution in [1.29, 1.82) is 0 Å². The van der Waals surface area contributed by atoms with Crippen LogP contribution in [0.15, 0.2) is 36.4 Å². The third-order valence-corrected chi connectivity index (χ3v) is 4.22. The number of benzene rings is 2. The predicted molar refractivity (Wildman–Crippen MR) is 100 cm³/mol. The first-order valence-electron chi connectivity index (χ1n) is 8.23. The number of nitrogens with one attached hydrogen (secondary N) is 1. The fraction of sp³-hybridized carbons (Fsp3) is 0.263. The zero-order chi connectivity index (χ0) is 19.4. The molecule has 7 nitrogen and oxygen atoms in total. The Bertz CT molecular complexity index is 852. The number of nitrogens with zero attached hydrogens (tertiary/aromatic N) is 1. The van der Waals surface area contributed by atoms with Crippen molar-refractivity contribution in [2.75, 3.05) is 32.4 Å². The van der Waals surface area contributed by atoms with E-state index in [-0.39, 0.29) is 24.0 Å². The number of fused-ring (bicyclic) bond motifs is 1. The van der Waals surface area contributed by atoms with Crippen LogP contribution < -0.4 is 19.7 Å². The normalized spacial score (nSPS) is 11.8. The van der Waals surface area contributed by atoms with E-state index < -0.39 is 11.9 Å². The first kappa shape index (κ1) is 18.8. The van der Waals surface area contributed by atoms with Gasteiger partial charge in [-0.25, -0.2) is 4.79 Å². The molecule has 1 aliphatic heterocycles. The van der Waals surface area contributed by atoms with E-state index in [2.05, 4.69) is 5.32 Å². The summed E-state index contributed by atoms with van der Waals surface area (Å²) >= 11 is 6.03. The monoisotopic (exact) mass is 390 g/mol. The molecule has 1 aliphatic rings. The second-order valence-corrected chi connectivity index (χ2v) is 6.51. The lowest BCUT2D eigenvalue weighted by atomic mass is 10.2. The van der Waals surface area contributed by atoms with Gasteiger partial charge in [-0.2, -0.15) is 0 Å². The van der Waals surface area contributed by atoms with Gasteiger partial charge in [-0.3, -0.25) is 4.79 Å². The van der Waals surface area contributed by atoms with Crippen molar-refractivity contribution in [1.82, 2.24) is 5.32 Å². The molecule has 27 heavy (non-hydrogen) atoms. The molecule has 0 bridgehead atoms. The molecule has 8 heteroatoms. The van der Waals surface area contributed by atoms with Gasteiger partial charge >= 0.3 is 5.97 Å². The minimum Gasteiger partial charge on any atom is -0.454 e. The number of anilines is 1. The number of ether oxygens (including phenoxy) is 3. The fourth-order valence-electron chi connectivity index (χ4n) is 2.46. The molecule has 0 saturated carbocycles. The lowest BCUT2D eigenvalue weighted by molar-refractivity contribution is -0.124. The Morgan fingerprint density at radius 1 is 1.19 bits per heavy atom. The largest absolute Gasteiger partial charge is 0.454 e. The van der Waals surface area contributed by atoms with E-state index in [0.29, 0.717) is 18.0 Å². The van der Waals surface area contributed by atoms with Gasteiger partial charge in [-0.05, 0) is 29.8 Å². The highest BCUT2D eigenvalue weighted by molar-refractivity contribution is 6.32. The van der Waals surface area contributed by atoms with Gasteiger partial charge in [0.2, 0.25) is 6.79 Å². The second kappa shape index (κ2) is 8.18. The average molecular weight is 391 g/mol. The summed E-state index contributed by atoms with van der Waals surface area (Å²) in [7, 11) is 3.91. The van der Waals surface area contributed by atoms with Crippen LogP contribution in [0.5, 0.6) is 11.5 Å². The molecule has 2 aromatic rings. The smallest absolute Gasteiger partial charge is 0.338 e. The number of carbonyl (C=O) groups is 2. The van der Waals surface area contributed by atoms with Crippen molar-refractivity contribution in [3.8, 4) is 11.5 Å². The zero-order valence-corrected chi connectivity index (χ0v) is 15.7. The van der Waals surface area contributed by atoms with Crippen LogP contribution in [0.2, 0.25) is 5.02 Å². The number of carbonyl (C=O) groups excluding carboxylic acids is 2. The topological polar surface area (TPSA) is 77.1 Å². The predicted octanol–water partition coefficient (Wildman–Crippen LogP) is 2.61. The Kier molecular flexibility index (Phi) is 5.71. The summed E-state index contributed by atoms with van der Waals surface area (Å²) in [5, 5.41) is 2.96. The Labute approximate surface area is 161 Å². The summed E-state index contributed by atoms with van der Waals surface area (Å²) < 4.78 is 15.4. The second-order valence-electron chi connectivity index (χ2n) is 6.11. The number of halogens is 1. The van der Waals surface area contributed by atoms with Gasteiger partial charge in [0.1, 0.15) is 0 Å². The van der Waals surface area contributed by atoms with Crippen molar-refractivity contribution < 1.29 is 23.8 Å². The molecule has 1 heterocycles. The van der Waals surface area contributed by atoms with E-state index in [1.54, 1.807) is 0 Å². The highest BCUT2D eigenvalue weighted by atomic mass is 35.5. The van der Waals surface area contributed by atoms with E-state index in [0.717, 1.165) is 11.3 Å². The summed E-state index contributed by atoms with van der Waals surface area (Å²) in [6.45, 7) is 0.00605. The quantitative estimate of drug-likeness (QED) is 0.764. The summed E-state index contributed by atoms with van der Waals surface area (Å²) in [5.74, 6) is -0.293. The lowest BCUT2D eigenvalue weighted by Crippen LogP contribution is -2.28. The summed E-state index contributed by atoms with van der Waals surface area (Å²) in [6, 6.07) is 10.7. The van der Waals surface area contributed by atoms with Crippen molar-refractivity contribution in [3.05, 3.63) is 52.5 Å². The van der Waals surface area contributed by atoms with Crippen LogP contribution in [-0.4, -0.2) is 39.4 Å². The lowest BCUT2D eigenvalue weighted by Gasteiger charge is -2.13. The molecule has 0 radical (unpaired) electrons. The molecule has 1 N–H and O–H groups in total. The maximum atomic E-state index is 12.1. The molecule has 2 aromatic carbocycles. The first-order chi connectivity index (χ1) is 12.9. The van der Waals surface area contributed by atoms with Crippen LogP contribution in [0.3, 0.4) is 0 Å². The number of hydrogen-bond donors (Lipinski definition) is 1. The van der Waals surface area contributed by atoms with E-state index in [9.17, 15) is 9.59 Å². The minimum atomic E-state index is -0.666. The van der Waals surface area contributed by atoms with Gasteiger partial charge in [0, 0.05) is 26.3 Å². The van der Waals surface area contributed by atoms with Crippen LogP contribution in [0.1, 0.15) is 15.9 Å². The van der Waals surface area contributed by atoms with Crippen LogP contribution in [0, 0.1) is 0 Å².